The minimum Gasteiger partial charge on any atom is -0.289 e. The van der Waals surface area contributed by atoms with Gasteiger partial charge in [0.1, 0.15) is 5.82 Å². The molecule has 2 rings (SSSR count). The highest BCUT2D eigenvalue weighted by Crippen LogP contribution is 2.16. The van der Waals surface area contributed by atoms with Gasteiger partial charge in [0, 0.05) is 11.1 Å². The molecule has 2 aromatic carbocycles. The lowest BCUT2D eigenvalue weighted by molar-refractivity contribution is 0.103. The van der Waals surface area contributed by atoms with Crippen LogP contribution in [0.25, 0.3) is 0 Å². The molecule has 0 amide bonds. The second-order valence-electron chi connectivity index (χ2n) is 4.59. The van der Waals surface area contributed by atoms with Crippen molar-refractivity contribution >= 4 is 5.78 Å². The Balaban J connectivity index is 2.41. The van der Waals surface area contributed by atoms with Crippen LogP contribution in [-0.4, -0.2) is 5.78 Å². The highest BCUT2D eigenvalue weighted by molar-refractivity contribution is 6.09. The van der Waals surface area contributed by atoms with E-state index in [9.17, 15) is 9.18 Å². The van der Waals surface area contributed by atoms with Gasteiger partial charge in [-0.3, -0.25) is 4.79 Å². The fourth-order valence-corrected chi connectivity index (χ4v) is 1.78. The van der Waals surface area contributed by atoms with Crippen molar-refractivity contribution in [1.82, 2.24) is 0 Å². The number of ketones is 1. The maximum atomic E-state index is 13.4. The molecule has 0 radical (unpaired) electrons. The Labute approximate surface area is 106 Å². The molecule has 0 heterocycles. The van der Waals surface area contributed by atoms with Crippen molar-refractivity contribution in [3.8, 4) is 0 Å². The first-order valence-corrected chi connectivity index (χ1v) is 5.87. The van der Waals surface area contributed by atoms with E-state index < -0.39 is 0 Å². The van der Waals surface area contributed by atoms with Gasteiger partial charge in [-0.25, -0.2) is 4.39 Å². The Morgan fingerprint density at radius 2 is 1.39 bits per heavy atom. The lowest BCUT2D eigenvalue weighted by Crippen LogP contribution is -2.03. The number of hydrogen-bond donors (Lipinski definition) is 0. The third-order valence-corrected chi connectivity index (χ3v) is 3.20. The Morgan fingerprint density at radius 1 is 0.833 bits per heavy atom. The van der Waals surface area contributed by atoms with Crippen molar-refractivity contribution in [3.05, 3.63) is 70.0 Å². The number of carbonyl (C=O) groups excluding carboxylic acids is 1. The van der Waals surface area contributed by atoms with Crippen LogP contribution in [0.3, 0.4) is 0 Å². The second-order valence-corrected chi connectivity index (χ2v) is 4.59. The van der Waals surface area contributed by atoms with Crippen LogP contribution >= 0.6 is 0 Å². The van der Waals surface area contributed by atoms with Gasteiger partial charge in [0.15, 0.2) is 5.78 Å². The van der Waals surface area contributed by atoms with Crippen LogP contribution in [0.15, 0.2) is 36.4 Å². The molecular weight excluding hydrogens is 227 g/mol. The van der Waals surface area contributed by atoms with Crippen LogP contribution in [0.1, 0.15) is 32.6 Å². The largest absolute Gasteiger partial charge is 0.289 e. The van der Waals surface area contributed by atoms with E-state index in [0.29, 0.717) is 16.7 Å². The molecular formula is C16H15FO. The number of hydrogen-bond acceptors (Lipinski definition) is 1. The Hall–Kier alpha value is -1.96. The molecule has 2 aromatic rings. The van der Waals surface area contributed by atoms with E-state index in [1.807, 2.05) is 26.0 Å². The van der Waals surface area contributed by atoms with Gasteiger partial charge in [-0.05, 0) is 49.6 Å². The number of aryl methyl sites for hydroxylation is 3. The van der Waals surface area contributed by atoms with Crippen molar-refractivity contribution in [2.24, 2.45) is 0 Å². The molecule has 0 spiro atoms. The fraction of sp³-hybridized carbons (Fsp3) is 0.188. The van der Waals surface area contributed by atoms with E-state index in [1.165, 1.54) is 6.07 Å². The summed E-state index contributed by atoms with van der Waals surface area (Å²) in [7, 11) is 0. The summed E-state index contributed by atoms with van der Waals surface area (Å²) >= 11 is 0. The van der Waals surface area contributed by atoms with Gasteiger partial charge in [-0.2, -0.15) is 0 Å². The van der Waals surface area contributed by atoms with Crippen LogP contribution in [0.4, 0.5) is 4.39 Å². The van der Waals surface area contributed by atoms with Crippen LogP contribution in [0.5, 0.6) is 0 Å². The third kappa shape index (κ3) is 2.33. The van der Waals surface area contributed by atoms with E-state index in [2.05, 4.69) is 0 Å². The summed E-state index contributed by atoms with van der Waals surface area (Å²) in [6.07, 6.45) is 0. The summed E-state index contributed by atoms with van der Waals surface area (Å²) in [5.74, 6) is -0.485. The maximum absolute atomic E-state index is 13.4. The van der Waals surface area contributed by atoms with Crippen LogP contribution < -0.4 is 0 Å². The highest BCUT2D eigenvalue weighted by atomic mass is 19.1. The van der Waals surface area contributed by atoms with Crippen molar-refractivity contribution in [1.29, 1.82) is 0 Å². The maximum Gasteiger partial charge on any atom is 0.193 e. The zero-order chi connectivity index (χ0) is 13.3. The molecule has 0 saturated carbocycles. The first-order valence-electron chi connectivity index (χ1n) is 5.87. The fourth-order valence-electron chi connectivity index (χ4n) is 1.78. The van der Waals surface area contributed by atoms with Gasteiger partial charge in [0.25, 0.3) is 0 Å². The predicted molar refractivity (Wildman–Crippen MR) is 70.5 cm³/mol. The van der Waals surface area contributed by atoms with Crippen molar-refractivity contribution < 1.29 is 9.18 Å². The van der Waals surface area contributed by atoms with Gasteiger partial charge >= 0.3 is 0 Å². The molecule has 0 N–H and O–H groups in total. The number of halogens is 1. The van der Waals surface area contributed by atoms with Crippen LogP contribution in [-0.2, 0) is 0 Å². The summed E-state index contributed by atoms with van der Waals surface area (Å²) in [6.45, 7) is 5.64. The van der Waals surface area contributed by atoms with E-state index in [0.717, 1.165) is 11.1 Å². The lowest BCUT2D eigenvalue weighted by Gasteiger charge is -2.05. The molecule has 92 valence electrons. The minimum atomic E-state index is -0.343. The van der Waals surface area contributed by atoms with Crippen LogP contribution in [0, 0.1) is 26.6 Å². The molecule has 2 heteroatoms. The SMILES string of the molecule is Cc1ccc(C(=O)c2ccc(C)c(F)c2)cc1C. The molecule has 0 aliphatic carbocycles. The van der Waals surface area contributed by atoms with E-state index >= 15 is 0 Å². The summed E-state index contributed by atoms with van der Waals surface area (Å²) in [5.41, 5.74) is 3.74. The van der Waals surface area contributed by atoms with Gasteiger partial charge in [-0.15, -0.1) is 0 Å². The average molecular weight is 242 g/mol. The van der Waals surface area contributed by atoms with Gasteiger partial charge in [0.2, 0.25) is 0 Å². The quantitative estimate of drug-likeness (QED) is 0.728. The Kier molecular flexibility index (Phi) is 3.28. The molecule has 1 nitrogen and oxygen atoms in total. The normalized spacial score (nSPS) is 10.4. The molecule has 0 aromatic heterocycles. The van der Waals surface area contributed by atoms with Gasteiger partial charge in [-0.1, -0.05) is 24.3 Å². The Morgan fingerprint density at radius 3 is 1.94 bits per heavy atom. The van der Waals surface area contributed by atoms with Crippen molar-refractivity contribution in [2.75, 3.05) is 0 Å². The van der Waals surface area contributed by atoms with Gasteiger partial charge in [0.05, 0.1) is 0 Å². The summed E-state index contributed by atoms with van der Waals surface area (Å²) in [5, 5.41) is 0. The van der Waals surface area contributed by atoms with Crippen molar-refractivity contribution in [2.45, 2.75) is 20.8 Å². The number of benzene rings is 2. The summed E-state index contributed by atoms with van der Waals surface area (Å²) < 4.78 is 13.4. The first-order chi connectivity index (χ1) is 8.49. The van der Waals surface area contributed by atoms with E-state index in [-0.39, 0.29) is 11.6 Å². The smallest absolute Gasteiger partial charge is 0.193 e. The van der Waals surface area contributed by atoms with E-state index in [4.69, 9.17) is 0 Å². The molecule has 0 bridgehead atoms. The monoisotopic (exact) mass is 242 g/mol. The molecule has 0 fully saturated rings. The second kappa shape index (κ2) is 4.73. The third-order valence-electron chi connectivity index (χ3n) is 3.20. The molecule has 0 atom stereocenters. The Bertz CT molecular complexity index is 561. The molecule has 18 heavy (non-hydrogen) atoms. The lowest BCUT2D eigenvalue weighted by atomic mass is 9.98. The molecule has 0 aliphatic heterocycles. The number of carbonyl (C=O) groups is 1. The average Bonchev–Trinajstić information content (AvgIpc) is 2.35. The molecule has 0 unspecified atom stereocenters. The topological polar surface area (TPSA) is 17.1 Å². The summed E-state index contributed by atoms with van der Waals surface area (Å²) in [4.78, 5) is 12.2. The first kappa shape index (κ1) is 12.5. The van der Waals surface area contributed by atoms with Crippen LogP contribution in [0.2, 0.25) is 0 Å². The zero-order valence-corrected chi connectivity index (χ0v) is 10.8. The molecule has 0 saturated heterocycles. The molecule has 0 aliphatic rings. The summed E-state index contributed by atoms with van der Waals surface area (Å²) in [6, 6.07) is 10.1. The predicted octanol–water partition coefficient (Wildman–Crippen LogP) is 3.98. The standard InChI is InChI=1S/C16H15FO/c1-10-4-6-13(8-12(10)3)16(18)14-7-5-11(2)15(17)9-14/h4-9H,1-3H3. The van der Waals surface area contributed by atoms with Crippen molar-refractivity contribution in [3.63, 3.8) is 0 Å². The van der Waals surface area contributed by atoms with Gasteiger partial charge < -0.3 is 0 Å². The zero-order valence-electron chi connectivity index (χ0n) is 10.8. The highest BCUT2D eigenvalue weighted by Gasteiger charge is 2.11. The minimum absolute atomic E-state index is 0.142. The van der Waals surface area contributed by atoms with E-state index in [1.54, 1.807) is 25.1 Å². The number of rotatable bonds is 2.